The number of nitrogens with one attached hydrogen (secondary N) is 2. The number of fused-ring (bicyclic) bond motifs is 1. The van der Waals surface area contributed by atoms with E-state index in [1.54, 1.807) is 18.3 Å². The summed E-state index contributed by atoms with van der Waals surface area (Å²) in [6.45, 7) is 7.21. The van der Waals surface area contributed by atoms with Crippen LogP contribution in [0, 0.1) is 5.82 Å². The molecule has 7 nitrogen and oxygen atoms in total. The zero-order valence-corrected chi connectivity index (χ0v) is 18.2. The Bertz CT molecular complexity index is 1060. The van der Waals surface area contributed by atoms with Crippen LogP contribution in [0.1, 0.15) is 18.2 Å². The van der Waals surface area contributed by atoms with Crippen molar-refractivity contribution in [2.75, 3.05) is 37.6 Å². The van der Waals surface area contributed by atoms with Crippen LogP contribution in [0.2, 0.25) is 5.02 Å². The number of anilines is 1. The van der Waals surface area contributed by atoms with Crippen LogP contribution >= 0.6 is 11.6 Å². The molecular weight excluding hydrogens is 419 g/mol. The number of halogens is 2. The number of pyridine rings is 1. The number of carbonyl (C=O) groups excluding carboxylic acids is 1. The summed E-state index contributed by atoms with van der Waals surface area (Å²) in [4.78, 5) is 21.0. The molecule has 0 saturated carbocycles. The summed E-state index contributed by atoms with van der Waals surface area (Å²) in [6.07, 6.45) is 3.57. The molecule has 2 amide bonds. The average Bonchev–Trinajstić information content (AvgIpc) is 3.18. The number of likely N-dealkylation sites (N-methyl/N-ethyl adjacent to an activating group) is 1. The third-order valence-electron chi connectivity index (χ3n) is 5.52. The minimum absolute atomic E-state index is 0.243. The molecule has 164 valence electrons. The van der Waals surface area contributed by atoms with Crippen molar-refractivity contribution < 1.29 is 9.18 Å². The first kappa shape index (κ1) is 21.4. The zero-order valence-electron chi connectivity index (χ0n) is 17.4. The van der Waals surface area contributed by atoms with Gasteiger partial charge in [-0.05, 0) is 36.4 Å². The molecule has 3 heterocycles. The lowest BCUT2D eigenvalue weighted by atomic mass is 10.1. The van der Waals surface area contributed by atoms with Gasteiger partial charge in [-0.2, -0.15) is 0 Å². The molecule has 4 rings (SSSR count). The summed E-state index contributed by atoms with van der Waals surface area (Å²) in [7, 11) is 0. The van der Waals surface area contributed by atoms with Crippen LogP contribution in [0.4, 0.5) is 14.9 Å². The highest BCUT2D eigenvalue weighted by Gasteiger charge is 2.18. The number of piperazine rings is 1. The van der Waals surface area contributed by atoms with E-state index in [1.807, 2.05) is 22.7 Å². The second-order valence-electron chi connectivity index (χ2n) is 7.59. The predicted octanol–water partition coefficient (Wildman–Crippen LogP) is 3.27. The van der Waals surface area contributed by atoms with E-state index in [-0.39, 0.29) is 24.9 Å². The maximum absolute atomic E-state index is 14.6. The van der Waals surface area contributed by atoms with Gasteiger partial charge in [0.05, 0.1) is 22.9 Å². The highest BCUT2D eigenvalue weighted by atomic mass is 35.5. The minimum atomic E-state index is -0.338. The number of hydrogen-bond donors (Lipinski definition) is 2. The van der Waals surface area contributed by atoms with E-state index in [2.05, 4.69) is 32.3 Å². The van der Waals surface area contributed by atoms with Gasteiger partial charge in [0.25, 0.3) is 0 Å². The highest BCUT2D eigenvalue weighted by molar-refractivity contribution is 6.30. The Hall–Kier alpha value is -2.84. The van der Waals surface area contributed by atoms with Gasteiger partial charge in [-0.25, -0.2) is 14.2 Å². The summed E-state index contributed by atoms with van der Waals surface area (Å²) in [5.74, 6) is -0.256. The monoisotopic (exact) mass is 444 g/mol. The zero-order chi connectivity index (χ0) is 21.8. The third-order valence-corrected chi connectivity index (χ3v) is 5.74. The Balaban J connectivity index is 1.27. The molecule has 31 heavy (non-hydrogen) atoms. The van der Waals surface area contributed by atoms with Crippen LogP contribution in [-0.4, -0.2) is 53.0 Å². The molecule has 0 bridgehead atoms. The van der Waals surface area contributed by atoms with E-state index >= 15 is 0 Å². The van der Waals surface area contributed by atoms with Gasteiger partial charge in [0.2, 0.25) is 0 Å². The number of imidazole rings is 1. The van der Waals surface area contributed by atoms with Crippen molar-refractivity contribution >= 4 is 29.0 Å². The SMILES string of the molecule is CCN1CCN(c2ccc(CNC(=O)NCc3cn4cc(Cl)ccc4n3)cc2F)CC1. The Morgan fingerprint density at radius 2 is 1.87 bits per heavy atom. The van der Waals surface area contributed by atoms with Crippen LogP contribution in [0.5, 0.6) is 0 Å². The molecule has 1 aliphatic heterocycles. The molecule has 0 atom stereocenters. The molecule has 0 aliphatic carbocycles. The molecular formula is C22H26ClFN6O. The van der Waals surface area contributed by atoms with Crippen LogP contribution in [0.3, 0.4) is 0 Å². The first-order chi connectivity index (χ1) is 15.0. The van der Waals surface area contributed by atoms with Gasteiger partial charge >= 0.3 is 6.03 Å². The average molecular weight is 445 g/mol. The molecule has 0 unspecified atom stereocenters. The molecule has 0 radical (unpaired) electrons. The van der Waals surface area contributed by atoms with Crippen LogP contribution in [0.25, 0.3) is 5.65 Å². The van der Waals surface area contributed by atoms with E-state index < -0.39 is 0 Å². The second-order valence-corrected chi connectivity index (χ2v) is 8.02. The van der Waals surface area contributed by atoms with Crippen molar-refractivity contribution in [3.05, 3.63) is 64.8 Å². The van der Waals surface area contributed by atoms with Crippen LogP contribution < -0.4 is 15.5 Å². The molecule has 2 N–H and O–H groups in total. The highest BCUT2D eigenvalue weighted by Crippen LogP contribution is 2.22. The standard InChI is InChI=1S/C22H26ClFN6O/c1-2-28-7-9-29(10-8-28)20-5-3-16(11-19(20)24)12-25-22(31)26-13-18-15-30-14-17(23)4-6-21(30)27-18/h3-6,11,14-15H,2,7-10,12-13H2,1H3,(H2,25,26,31). The molecule has 1 aliphatic rings. The fourth-order valence-electron chi connectivity index (χ4n) is 3.74. The Kier molecular flexibility index (Phi) is 6.58. The number of amides is 2. The van der Waals surface area contributed by atoms with E-state index in [1.165, 1.54) is 6.07 Å². The quantitative estimate of drug-likeness (QED) is 0.612. The first-order valence-electron chi connectivity index (χ1n) is 10.4. The molecule has 1 saturated heterocycles. The molecule has 1 fully saturated rings. The lowest BCUT2D eigenvalue weighted by Crippen LogP contribution is -2.46. The summed E-state index contributed by atoms with van der Waals surface area (Å²) >= 11 is 5.97. The maximum Gasteiger partial charge on any atom is 0.315 e. The molecule has 3 aromatic rings. The number of urea groups is 1. The summed E-state index contributed by atoms with van der Waals surface area (Å²) in [5.41, 5.74) is 2.81. The van der Waals surface area contributed by atoms with Crippen molar-refractivity contribution in [2.24, 2.45) is 0 Å². The molecule has 1 aromatic carbocycles. The van der Waals surface area contributed by atoms with Crippen LogP contribution in [0.15, 0.2) is 42.7 Å². The van der Waals surface area contributed by atoms with Crippen molar-refractivity contribution in [3.8, 4) is 0 Å². The largest absolute Gasteiger partial charge is 0.367 e. The van der Waals surface area contributed by atoms with E-state index in [0.717, 1.165) is 44.1 Å². The molecule has 9 heteroatoms. The van der Waals surface area contributed by atoms with Crippen LogP contribution in [-0.2, 0) is 13.1 Å². The second kappa shape index (κ2) is 9.53. The third kappa shape index (κ3) is 5.26. The Labute approximate surface area is 185 Å². The smallest absolute Gasteiger partial charge is 0.315 e. The molecule has 0 spiro atoms. The summed E-state index contributed by atoms with van der Waals surface area (Å²) in [6, 6.07) is 8.39. The first-order valence-corrected chi connectivity index (χ1v) is 10.8. The minimum Gasteiger partial charge on any atom is -0.367 e. The lowest BCUT2D eigenvalue weighted by molar-refractivity contribution is 0.240. The van der Waals surface area contributed by atoms with Gasteiger partial charge in [0.1, 0.15) is 11.5 Å². The summed E-state index contributed by atoms with van der Waals surface area (Å²) < 4.78 is 16.4. The Morgan fingerprint density at radius 3 is 2.61 bits per heavy atom. The van der Waals surface area contributed by atoms with Gasteiger partial charge in [-0.15, -0.1) is 0 Å². The van der Waals surface area contributed by atoms with Crippen molar-refractivity contribution in [1.29, 1.82) is 0 Å². The number of nitrogens with zero attached hydrogens (tertiary/aromatic N) is 4. The van der Waals surface area contributed by atoms with Crippen molar-refractivity contribution in [1.82, 2.24) is 24.9 Å². The number of aromatic nitrogens is 2. The van der Waals surface area contributed by atoms with E-state index in [4.69, 9.17) is 11.6 Å². The fraction of sp³-hybridized carbons (Fsp3) is 0.364. The van der Waals surface area contributed by atoms with Gasteiger partial charge in [0, 0.05) is 45.1 Å². The van der Waals surface area contributed by atoms with Gasteiger partial charge < -0.3 is 24.8 Å². The lowest BCUT2D eigenvalue weighted by Gasteiger charge is -2.35. The number of hydrogen-bond acceptors (Lipinski definition) is 4. The Morgan fingerprint density at radius 1 is 1.10 bits per heavy atom. The van der Waals surface area contributed by atoms with E-state index in [9.17, 15) is 9.18 Å². The fourth-order valence-corrected chi connectivity index (χ4v) is 3.91. The van der Waals surface area contributed by atoms with Crippen molar-refractivity contribution in [3.63, 3.8) is 0 Å². The summed E-state index contributed by atoms with van der Waals surface area (Å²) in [5, 5.41) is 6.14. The van der Waals surface area contributed by atoms with Gasteiger partial charge in [-0.3, -0.25) is 0 Å². The number of rotatable bonds is 6. The normalized spacial score (nSPS) is 14.7. The van der Waals surface area contributed by atoms with Gasteiger partial charge in [-0.1, -0.05) is 24.6 Å². The van der Waals surface area contributed by atoms with Crippen molar-refractivity contribution in [2.45, 2.75) is 20.0 Å². The van der Waals surface area contributed by atoms with E-state index in [0.29, 0.717) is 16.3 Å². The number of benzene rings is 1. The number of carbonyl (C=O) groups is 1. The maximum atomic E-state index is 14.6. The van der Waals surface area contributed by atoms with Gasteiger partial charge in [0.15, 0.2) is 0 Å². The molecule has 2 aromatic heterocycles. The topological polar surface area (TPSA) is 64.9 Å². The predicted molar refractivity (Wildman–Crippen MR) is 120 cm³/mol.